The number of thiazole rings is 1. The van der Waals surface area contributed by atoms with Gasteiger partial charge in [0.2, 0.25) is 0 Å². The van der Waals surface area contributed by atoms with Crippen LogP contribution in [0, 0.1) is 11.3 Å². The number of benzene rings is 2. The third-order valence-electron chi connectivity index (χ3n) is 3.67. The van der Waals surface area contributed by atoms with Gasteiger partial charge in [-0.15, -0.1) is 11.3 Å². The van der Waals surface area contributed by atoms with Gasteiger partial charge in [0, 0.05) is 21.5 Å². The lowest BCUT2D eigenvalue weighted by Crippen LogP contribution is -2.11. The maximum Gasteiger partial charge on any atom is 0.186 e. The molecule has 1 unspecified atom stereocenters. The molecule has 124 valence electrons. The van der Waals surface area contributed by atoms with E-state index in [4.69, 9.17) is 16.3 Å². The minimum atomic E-state index is -0.932. The summed E-state index contributed by atoms with van der Waals surface area (Å²) in [6.07, 6.45) is 0. The number of carbonyl (C=O) groups is 1. The molecule has 0 amide bonds. The molecule has 3 aromatic rings. The number of rotatable bonds is 5. The minimum absolute atomic E-state index is 0.283. The van der Waals surface area contributed by atoms with Crippen molar-refractivity contribution in [2.24, 2.45) is 0 Å². The summed E-state index contributed by atoms with van der Waals surface area (Å²) in [4.78, 5) is 17.1. The lowest BCUT2D eigenvalue weighted by Gasteiger charge is -2.05. The van der Waals surface area contributed by atoms with Crippen LogP contribution in [0.1, 0.15) is 21.3 Å². The molecule has 0 aliphatic rings. The molecule has 3 rings (SSSR count). The van der Waals surface area contributed by atoms with Crippen LogP contribution in [-0.2, 0) is 0 Å². The van der Waals surface area contributed by atoms with Crippen LogP contribution in [0.4, 0.5) is 0 Å². The summed E-state index contributed by atoms with van der Waals surface area (Å²) >= 11 is 7.15. The number of halogens is 1. The van der Waals surface area contributed by atoms with E-state index >= 15 is 0 Å². The number of hydrogen-bond acceptors (Lipinski definition) is 5. The van der Waals surface area contributed by atoms with Gasteiger partial charge in [0.15, 0.2) is 11.7 Å². The number of methoxy groups -OCH3 is 1. The van der Waals surface area contributed by atoms with Gasteiger partial charge in [-0.2, -0.15) is 5.26 Å². The van der Waals surface area contributed by atoms with Crippen molar-refractivity contribution in [3.8, 4) is 23.1 Å². The summed E-state index contributed by atoms with van der Waals surface area (Å²) in [5.41, 5.74) is 2.07. The molecule has 0 aliphatic carbocycles. The summed E-state index contributed by atoms with van der Waals surface area (Å²) in [7, 11) is 1.61. The Kier molecular flexibility index (Phi) is 5.13. The molecule has 0 saturated carbocycles. The van der Waals surface area contributed by atoms with E-state index in [0.29, 0.717) is 15.6 Å². The lowest BCUT2D eigenvalue weighted by atomic mass is 9.99. The van der Waals surface area contributed by atoms with Crippen molar-refractivity contribution in [1.82, 2.24) is 4.98 Å². The first-order valence-electron chi connectivity index (χ1n) is 7.41. The van der Waals surface area contributed by atoms with Crippen LogP contribution in [0.15, 0.2) is 53.9 Å². The Balaban J connectivity index is 1.87. The summed E-state index contributed by atoms with van der Waals surface area (Å²) in [5.74, 6) is -0.458. The Morgan fingerprint density at radius 3 is 2.48 bits per heavy atom. The topological polar surface area (TPSA) is 63.0 Å². The molecular formula is C19H13ClN2O2S. The molecule has 4 nitrogen and oxygen atoms in total. The Labute approximate surface area is 154 Å². The number of ether oxygens (including phenoxy) is 1. The van der Waals surface area contributed by atoms with Gasteiger partial charge in [0.25, 0.3) is 0 Å². The highest BCUT2D eigenvalue weighted by atomic mass is 35.5. The SMILES string of the molecule is COc1ccc(-c2csc(C(C#N)C(=O)c3ccc(Cl)cc3)n2)cc1. The fourth-order valence-electron chi connectivity index (χ4n) is 2.32. The number of ketones is 1. The summed E-state index contributed by atoms with van der Waals surface area (Å²) in [6.45, 7) is 0. The van der Waals surface area contributed by atoms with Gasteiger partial charge in [-0.3, -0.25) is 4.79 Å². The molecule has 0 spiro atoms. The fourth-order valence-corrected chi connectivity index (χ4v) is 3.32. The zero-order valence-corrected chi connectivity index (χ0v) is 14.8. The van der Waals surface area contributed by atoms with Crippen molar-refractivity contribution in [1.29, 1.82) is 5.26 Å². The molecular weight excluding hydrogens is 356 g/mol. The highest BCUT2D eigenvalue weighted by Gasteiger charge is 2.25. The highest BCUT2D eigenvalue weighted by molar-refractivity contribution is 7.10. The van der Waals surface area contributed by atoms with Crippen molar-refractivity contribution in [2.45, 2.75) is 5.92 Å². The van der Waals surface area contributed by atoms with Crippen LogP contribution in [-0.4, -0.2) is 17.9 Å². The van der Waals surface area contributed by atoms with E-state index in [2.05, 4.69) is 11.1 Å². The number of carbonyl (C=O) groups excluding carboxylic acids is 1. The van der Waals surface area contributed by atoms with Gasteiger partial charge in [-0.1, -0.05) is 11.6 Å². The Hall–Kier alpha value is -2.68. The molecule has 0 saturated heterocycles. The number of nitriles is 1. The van der Waals surface area contributed by atoms with Crippen molar-refractivity contribution < 1.29 is 9.53 Å². The van der Waals surface area contributed by atoms with E-state index in [1.807, 2.05) is 29.6 Å². The van der Waals surface area contributed by atoms with Gasteiger partial charge in [-0.25, -0.2) is 4.98 Å². The Bertz CT molecular complexity index is 927. The number of hydrogen-bond donors (Lipinski definition) is 0. The monoisotopic (exact) mass is 368 g/mol. The maximum absolute atomic E-state index is 12.6. The Morgan fingerprint density at radius 2 is 1.88 bits per heavy atom. The van der Waals surface area contributed by atoms with Crippen molar-refractivity contribution in [3.05, 3.63) is 69.5 Å². The first-order valence-corrected chi connectivity index (χ1v) is 8.67. The average Bonchev–Trinajstić information content (AvgIpc) is 3.12. The second-order valence-electron chi connectivity index (χ2n) is 5.23. The molecule has 6 heteroatoms. The Morgan fingerprint density at radius 1 is 1.20 bits per heavy atom. The maximum atomic E-state index is 12.6. The third-order valence-corrected chi connectivity index (χ3v) is 4.84. The smallest absolute Gasteiger partial charge is 0.186 e. The summed E-state index contributed by atoms with van der Waals surface area (Å²) < 4.78 is 5.14. The second kappa shape index (κ2) is 7.47. The van der Waals surface area contributed by atoms with Crippen LogP contribution in [0.3, 0.4) is 0 Å². The van der Waals surface area contributed by atoms with E-state index in [0.717, 1.165) is 17.0 Å². The standard InChI is InChI=1S/C19H13ClN2O2S/c1-24-15-8-4-12(5-9-15)17-11-25-19(22-17)16(10-21)18(23)13-2-6-14(20)7-3-13/h2-9,11,16H,1H3. The van der Waals surface area contributed by atoms with E-state index in [9.17, 15) is 10.1 Å². The largest absolute Gasteiger partial charge is 0.497 e. The zero-order chi connectivity index (χ0) is 17.8. The fraction of sp³-hybridized carbons (Fsp3) is 0.105. The van der Waals surface area contributed by atoms with Crippen LogP contribution in [0.25, 0.3) is 11.3 Å². The molecule has 0 bridgehead atoms. The van der Waals surface area contributed by atoms with Gasteiger partial charge in [0.05, 0.1) is 18.9 Å². The predicted molar refractivity (Wildman–Crippen MR) is 98.2 cm³/mol. The van der Waals surface area contributed by atoms with Crippen LogP contribution >= 0.6 is 22.9 Å². The van der Waals surface area contributed by atoms with E-state index in [1.165, 1.54) is 11.3 Å². The zero-order valence-electron chi connectivity index (χ0n) is 13.3. The van der Waals surface area contributed by atoms with Crippen LogP contribution in [0.5, 0.6) is 5.75 Å². The van der Waals surface area contributed by atoms with Crippen LogP contribution in [0.2, 0.25) is 5.02 Å². The highest BCUT2D eigenvalue weighted by Crippen LogP contribution is 2.29. The van der Waals surface area contributed by atoms with E-state index in [1.54, 1.807) is 31.4 Å². The van der Waals surface area contributed by atoms with Gasteiger partial charge >= 0.3 is 0 Å². The molecule has 0 N–H and O–H groups in total. The molecule has 0 fully saturated rings. The quantitative estimate of drug-likeness (QED) is 0.597. The van der Waals surface area contributed by atoms with Gasteiger partial charge in [-0.05, 0) is 48.5 Å². The first-order chi connectivity index (χ1) is 12.1. The number of nitrogens with zero attached hydrogens (tertiary/aromatic N) is 2. The third kappa shape index (κ3) is 3.71. The molecule has 1 aromatic heterocycles. The van der Waals surface area contributed by atoms with Crippen molar-refractivity contribution in [2.75, 3.05) is 7.11 Å². The van der Waals surface area contributed by atoms with Crippen molar-refractivity contribution >= 4 is 28.7 Å². The van der Waals surface area contributed by atoms with E-state index < -0.39 is 5.92 Å². The van der Waals surface area contributed by atoms with Gasteiger partial charge in [0.1, 0.15) is 10.8 Å². The molecule has 1 atom stereocenters. The lowest BCUT2D eigenvalue weighted by molar-refractivity contribution is 0.0979. The normalized spacial score (nSPS) is 11.6. The molecule has 2 aromatic carbocycles. The molecule has 0 aliphatic heterocycles. The number of Topliss-reactive ketones (excluding diaryl/α,β-unsaturated/α-hetero) is 1. The summed E-state index contributed by atoms with van der Waals surface area (Å²) in [5, 5.41) is 12.3. The molecule has 1 heterocycles. The average molecular weight is 369 g/mol. The van der Waals surface area contributed by atoms with Gasteiger partial charge < -0.3 is 4.74 Å². The summed E-state index contributed by atoms with van der Waals surface area (Å²) in [6, 6.07) is 16.0. The minimum Gasteiger partial charge on any atom is -0.497 e. The molecule has 0 radical (unpaired) electrons. The van der Waals surface area contributed by atoms with Crippen LogP contribution < -0.4 is 4.74 Å². The first kappa shape index (κ1) is 17.2. The molecule has 25 heavy (non-hydrogen) atoms. The predicted octanol–water partition coefficient (Wildman–Crippen LogP) is 4.96. The second-order valence-corrected chi connectivity index (χ2v) is 6.56. The van der Waals surface area contributed by atoms with E-state index in [-0.39, 0.29) is 5.78 Å². The van der Waals surface area contributed by atoms with Crippen molar-refractivity contribution in [3.63, 3.8) is 0 Å². The number of aromatic nitrogens is 1.